The minimum absolute atomic E-state index is 0.0106. The Kier molecular flexibility index (Phi) is 15.6. The summed E-state index contributed by atoms with van der Waals surface area (Å²) in [5.41, 5.74) is -2.92. The van der Waals surface area contributed by atoms with Crippen molar-refractivity contribution in [1.29, 1.82) is 5.26 Å². The van der Waals surface area contributed by atoms with Gasteiger partial charge in [0.25, 0.3) is 10.1 Å². The Bertz CT molecular complexity index is 1200. The van der Waals surface area contributed by atoms with Crippen LogP contribution < -0.4 is 10.6 Å². The molecule has 0 radical (unpaired) electrons. The van der Waals surface area contributed by atoms with E-state index in [4.69, 9.17) is 14.6 Å². The standard InChI is InChI=1S/C16H23N2O5.C10H16N2O5S/c1-6-14(21)18(10-12(2)19,11-13(3)20)16(4,5)15(22)23-9-7-8-17;1-5-7(13)11-9(18(15,16)17)10(3,4)12-8(14)6-2/h6H,1,7,9-11H2,2-5H3;5-6,9H,1-2H2,3-4H3,(H,11,13)(H,12,14)(H,15,16,17)/q+1;. The number of rotatable bonds is 15. The van der Waals surface area contributed by atoms with Crippen LogP contribution in [0.25, 0.3) is 0 Å². The molecule has 0 spiro atoms. The molecule has 0 fully saturated rings. The summed E-state index contributed by atoms with van der Waals surface area (Å²) in [6.07, 6.45) is 2.80. The molecule has 0 aliphatic rings. The van der Waals surface area contributed by atoms with Crippen LogP contribution in [0.3, 0.4) is 0 Å². The highest BCUT2D eigenvalue weighted by molar-refractivity contribution is 7.86. The van der Waals surface area contributed by atoms with E-state index in [1.807, 2.05) is 11.4 Å². The average molecular weight is 600 g/mol. The minimum atomic E-state index is -4.61. The van der Waals surface area contributed by atoms with Gasteiger partial charge in [-0.15, -0.1) is 0 Å². The second kappa shape index (κ2) is 16.3. The van der Waals surface area contributed by atoms with E-state index in [1.54, 1.807) is 0 Å². The number of Topliss-reactive ketones (excluding diaryl/α,β-unsaturated/α-hetero) is 2. The van der Waals surface area contributed by atoms with Crippen LogP contribution in [0, 0.1) is 11.3 Å². The summed E-state index contributed by atoms with van der Waals surface area (Å²) in [5.74, 6) is -3.50. The molecular weight excluding hydrogens is 560 g/mol. The van der Waals surface area contributed by atoms with Crippen LogP contribution in [0.4, 0.5) is 0 Å². The van der Waals surface area contributed by atoms with Crippen LogP contribution in [-0.4, -0.2) is 88.9 Å². The highest BCUT2D eigenvalue weighted by Crippen LogP contribution is 2.28. The highest BCUT2D eigenvalue weighted by atomic mass is 32.2. The lowest BCUT2D eigenvalue weighted by molar-refractivity contribution is -0.875. The maximum atomic E-state index is 12.5. The van der Waals surface area contributed by atoms with Crippen molar-refractivity contribution in [2.75, 3.05) is 19.7 Å². The van der Waals surface area contributed by atoms with Gasteiger partial charge in [-0.2, -0.15) is 13.7 Å². The fourth-order valence-electron chi connectivity index (χ4n) is 3.61. The van der Waals surface area contributed by atoms with Gasteiger partial charge in [0, 0.05) is 33.8 Å². The van der Waals surface area contributed by atoms with Gasteiger partial charge < -0.3 is 15.4 Å². The molecule has 0 saturated heterocycles. The Hall–Kier alpha value is -4.00. The highest BCUT2D eigenvalue weighted by Gasteiger charge is 2.56. The molecular formula is C26H39N4O10S+. The topological polar surface area (TPSA) is 214 Å². The number of ether oxygens (including phenoxy) is 1. The quantitative estimate of drug-likeness (QED) is 0.0775. The minimum Gasteiger partial charge on any atom is -0.460 e. The molecule has 14 nitrogen and oxygen atoms in total. The third-order valence-electron chi connectivity index (χ3n) is 5.64. The van der Waals surface area contributed by atoms with Gasteiger partial charge in [-0.05, 0) is 26.0 Å². The van der Waals surface area contributed by atoms with Gasteiger partial charge in [-0.25, -0.2) is 14.1 Å². The first kappa shape index (κ1) is 39.1. The molecule has 0 aromatic rings. The van der Waals surface area contributed by atoms with Gasteiger partial charge in [0.1, 0.15) is 19.7 Å². The van der Waals surface area contributed by atoms with E-state index in [9.17, 15) is 37.2 Å². The number of nitrogens with zero attached hydrogens (tertiary/aromatic N) is 2. The zero-order chi connectivity index (χ0) is 32.8. The molecule has 3 N–H and O–H groups in total. The molecule has 0 aliphatic carbocycles. The van der Waals surface area contributed by atoms with Gasteiger partial charge in [-0.3, -0.25) is 23.7 Å². The van der Waals surface area contributed by atoms with Crippen molar-refractivity contribution in [2.24, 2.45) is 0 Å². The second-order valence-electron chi connectivity index (χ2n) is 9.86. The van der Waals surface area contributed by atoms with Crippen LogP contribution in [-0.2, 0) is 43.6 Å². The SMILES string of the molecule is C=CC(=O)NC(C(C)(C)NC(=O)C=C)S(=O)(=O)O.C=CC(=O)[N+](CC(C)=O)(CC(C)=O)C(C)(C)C(=O)OCCC#N. The first-order valence-electron chi connectivity index (χ1n) is 12.0. The van der Waals surface area contributed by atoms with Crippen molar-refractivity contribution in [3.05, 3.63) is 38.0 Å². The summed E-state index contributed by atoms with van der Waals surface area (Å²) in [4.78, 5) is 70.6. The first-order chi connectivity index (χ1) is 18.6. The first-order valence-corrected chi connectivity index (χ1v) is 13.5. The van der Waals surface area contributed by atoms with Gasteiger partial charge in [0.15, 0.2) is 22.5 Å². The van der Waals surface area contributed by atoms with Crippen molar-refractivity contribution in [1.82, 2.24) is 10.6 Å². The maximum absolute atomic E-state index is 12.5. The van der Waals surface area contributed by atoms with E-state index in [-0.39, 0.29) is 37.7 Å². The number of amides is 3. The zero-order valence-corrected chi connectivity index (χ0v) is 25.0. The number of hydrogen-bond acceptors (Lipinski definition) is 10. The Morgan fingerprint density at radius 2 is 1.41 bits per heavy atom. The van der Waals surface area contributed by atoms with Crippen molar-refractivity contribution in [3.8, 4) is 6.07 Å². The van der Waals surface area contributed by atoms with Crippen molar-refractivity contribution in [3.63, 3.8) is 0 Å². The molecule has 0 saturated carbocycles. The molecule has 0 heterocycles. The van der Waals surface area contributed by atoms with Gasteiger partial charge in [0.05, 0.1) is 18.0 Å². The smallest absolute Gasteiger partial charge is 0.368 e. The maximum Gasteiger partial charge on any atom is 0.368 e. The summed E-state index contributed by atoms with van der Waals surface area (Å²) < 4.78 is 35.9. The molecule has 1 atom stereocenters. The summed E-state index contributed by atoms with van der Waals surface area (Å²) in [7, 11) is -4.61. The predicted molar refractivity (Wildman–Crippen MR) is 148 cm³/mol. The van der Waals surface area contributed by atoms with Crippen LogP contribution >= 0.6 is 0 Å². The predicted octanol–water partition coefficient (Wildman–Crippen LogP) is 0.513. The van der Waals surface area contributed by atoms with Crippen LogP contribution in [0.2, 0.25) is 0 Å². The monoisotopic (exact) mass is 599 g/mol. The summed E-state index contributed by atoms with van der Waals surface area (Å²) in [5, 5.41) is 11.1. The van der Waals surface area contributed by atoms with E-state index >= 15 is 0 Å². The van der Waals surface area contributed by atoms with Crippen molar-refractivity contribution >= 4 is 45.4 Å². The number of nitriles is 1. The average Bonchev–Trinajstić information content (AvgIpc) is 2.84. The lowest BCUT2D eigenvalue weighted by Crippen LogP contribution is -2.70. The van der Waals surface area contributed by atoms with Gasteiger partial charge in [-0.1, -0.05) is 19.7 Å². The van der Waals surface area contributed by atoms with Crippen molar-refractivity contribution in [2.45, 2.75) is 64.4 Å². The Balaban J connectivity index is 0. The van der Waals surface area contributed by atoms with E-state index in [2.05, 4.69) is 25.1 Å². The molecule has 41 heavy (non-hydrogen) atoms. The molecule has 0 aromatic carbocycles. The molecule has 0 bridgehead atoms. The van der Waals surface area contributed by atoms with Crippen LogP contribution in [0.15, 0.2) is 38.0 Å². The van der Waals surface area contributed by atoms with Gasteiger partial charge in [0.2, 0.25) is 11.8 Å². The van der Waals surface area contributed by atoms with Crippen LogP contribution in [0.5, 0.6) is 0 Å². The lowest BCUT2D eigenvalue weighted by Gasteiger charge is -2.44. The fourth-order valence-corrected chi connectivity index (χ4v) is 4.68. The number of carbonyl (C=O) groups is 6. The number of quaternary nitrogens is 1. The normalized spacial score (nSPS) is 12.1. The summed E-state index contributed by atoms with van der Waals surface area (Å²) in [6, 6.07) is 1.84. The van der Waals surface area contributed by atoms with Crippen LogP contribution in [0.1, 0.15) is 48.0 Å². The van der Waals surface area contributed by atoms with E-state index in [0.29, 0.717) is 0 Å². The number of nitrogens with one attached hydrogen (secondary N) is 2. The third-order valence-corrected chi connectivity index (χ3v) is 6.94. The fraction of sp³-hybridized carbons (Fsp3) is 0.500. The number of esters is 1. The Morgan fingerprint density at radius 1 is 0.951 bits per heavy atom. The van der Waals surface area contributed by atoms with E-state index in [1.165, 1.54) is 41.5 Å². The number of carbonyl (C=O) groups excluding carboxylic acids is 6. The Morgan fingerprint density at radius 3 is 1.76 bits per heavy atom. The molecule has 0 rings (SSSR count). The van der Waals surface area contributed by atoms with Gasteiger partial charge >= 0.3 is 11.9 Å². The molecule has 15 heteroatoms. The Labute approximate surface area is 240 Å². The summed E-state index contributed by atoms with van der Waals surface area (Å²) in [6.45, 7) is 17.1. The molecule has 228 valence electrons. The molecule has 1 unspecified atom stereocenters. The number of ketones is 2. The lowest BCUT2D eigenvalue weighted by atomic mass is 9.96. The van der Waals surface area contributed by atoms with E-state index in [0.717, 1.165) is 18.2 Å². The molecule has 0 aliphatic heterocycles. The largest absolute Gasteiger partial charge is 0.460 e. The third kappa shape index (κ3) is 12.0. The van der Waals surface area contributed by atoms with Crippen molar-refractivity contribution < 1.29 is 51.0 Å². The van der Waals surface area contributed by atoms with E-state index < -0.39 is 54.7 Å². The summed E-state index contributed by atoms with van der Waals surface area (Å²) >= 11 is 0. The second-order valence-corrected chi connectivity index (χ2v) is 11.4. The number of hydrogen-bond donors (Lipinski definition) is 3. The molecule has 0 aromatic heterocycles. The zero-order valence-electron chi connectivity index (χ0n) is 24.2. The molecule has 3 amide bonds.